The van der Waals surface area contributed by atoms with Crippen molar-refractivity contribution >= 4 is 17.5 Å². The van der Waals surface area contributed by atoms with Gasteiger partial charge in [-0.25, -0.2) is 0 Å². The number of hydrogen-bond donors (Lipinski definition) is 1. The Morgan fingerprint density at radius 2 is 2.00 bits per heavy atom. The summed E-state index contributed by atoms with van der Waals surface area (Å²) >= 11 is 0. The molecule has 1 saturated heterocycles. The number of nitrogens with two attached hydrogens (primary N) is 1. The minimum absolute atomic E-state index is 0.0789. The molecule has 7 nitrogen and oxygen atoms in total. The number of amides is 1. The number of ether oxygens (including phenoxy) is 1. The molecule has 1 saturated carbocycles. The van der Waals surface area contributed by atoms with Gasteiger partial charge in [0, 0.05) is 24.7 Å². The van der Waals surface area contributed by atoms with Crippen LogP contribution in [-0.4, -0.2) is 53.1 Å². The average molecular weight is 402 g/mol. The summed E-state index contributed by atoms with van der Waals surface area (Å²) in [5, 5.41) is 0. The number of unbranched alkanes of at least 4 members (excludes halogenated alkanes) is 1. The van der Waals surface area contributed by atoms with Gasteiger partial charge in [0.15, 0.2) is 0 Å². The van der Waals surface area contributed by atoms with Crippen LogP contribution in [0.3, 0.4) is 0 Å². The van der Waals surface area contributed by atoms with Gasteiger partial charge >= 0.3 is 6.01 Å². The first kappa shape index (κ1) is 20.4. The fraction of sp³-hybridized carbons (Fsp3) is 0.773. The standard InChI is InChI=1S/C22H35N5O2/c1-2-3-13-29-22-24-20(23)18-14-19(28)27(21(18)25-22)12-10-16-7-6-11-26(15-16)17-8-4-5-9-17/h16-17H,2-15H2,1H3,(H2,23,24,25). The summed E-state index contributed by atoms with van der Waals surface area (Å²) in [7, 11) is 0. The molecule has 7 heteroatoms. The number of nitrogen functional groups attached to an aromatic ring is 1. The van der Waals surface area contributed by atoms with E-state index in [2.05, 4.69) is 21.8 Å². The SMILES string of the molecule is CCCCOc1nc(N)c2c(n1)N(CCC1CCCN(C3CCCC3)C1)C(=O)C2. The van der Waals surface area contributed by atoms with Gasteiger partial charge in [-0.2, -0.15) is 9.97 Å². The van der Waals surface area contributed by atoms with Gasteiger partial charge in [-0.1, -0.05) is 26.2 Å². The quantitative estimate of drug-likeness (QED) is 0.674. The molecule has 2 N–H and O–H groups in total. The number of hydrogen-bond acceptors (Lipinski definition) is 6. The first-order valence-electron chi connectivity index (χ1n) is 11.5. The maximum absolute atomic E-state index is 12.7. The van der Waals surface area contributed by atoms with Crippen molar-refractivity contribution in [2.75, 3.05) is 36.9 Å². The Labute approximate surface area is 174 Å². The molecule has 2 aliphatic heterocycles. The van der Waals surface area contributed by atoms with E-state index in [0.717, 1.165) is 30.9 Å². The van der Waals surface area contributed by atoms with E-state index in [0.29, 0.717) is 43.1 Å². The Hall–Kier alpha value is -1.89. The Balaban J connectivity index is 1.38. The van der Waals surface area contributed by atoms with Crippen molar-refractivity contribution < 1.29 is 9.53 Å². The topological polar surface area (TPSA) is 84.6 Å². The van der Waals surface area contributed by atoms with Gasteiger partial charge in [0.2, 0.25) is 5.91 Å². The molecule has 0 spiro atoms. The summed E-state index contributed by atoms with van der Waals surface area (Å²) in [4.78, 5) is 26.0. The number of nitrogens with zero attached hydrogens (tertiary/aromatic N) is 4. The van der Waals surface area contributed by atoms with Gasteiger partial charge in [0.05, 0.1) is 13.0 Å². The Morgan fingerprint density at radius 1 is 1.17 bits per heavy atom. The lowest BCUT2D eigenvalue weighted by Crippen LogP contribution is -2.42. The van der Waals surface area contributed by atoms with Gasteiger partial charge in [-0.3, -0.25) is 9.69 Å². The van der Waals surface area contributed by atoms with Gasteiger partial charge in [-0.05, 0) is 51.0 Å². The third kappa shape index (κ3) is 4.65. The van der Waals surface area contributed by atoms with Crippen molar-refractivity contribution in [2.45, 2.75) is 77.2 Å². The zero-order valence-electron chi connectivity index (χ0n) is 17.7. The fourth-order valence-corrected chi connectivity index (χ4v) is 5.07. The van der Waals surface area contributed by atoms with E-state index >= 15 is 0 Å². The largest absolute Gasteiger partial charge is 0.463 e. The van der Waals surface area contributed by atoms with Gasteiger partial charge in [-0.15, -0.1) is 0 Å². The van der Waals surface area contributed by atoms with E-state index in [1.54, 1.807) is 0 Å². The monoisotopic (exact) mass is 401 g/mol. The predicted molar refractivity (Wildman–Crippen MR) is 114 cm³/mol. The lowest BCUT2D eigenvalue weighted by Gasteiger charge is -2.37. The van der Waals surface area contributed by atoms with Crippen LogP contribution in [0.1, 0.15) is 70.3 Å². The number of anilines is 2. The third-order valence-corrected chi connectivity index (χ3v) is 6.76. The zero-order chi connectivity index (χ0) is 20.2. The second-order valence-corrected chi connectivity index (χ2v) is 8.85. The molecule has 1 unspecified atom stereocenters. The van der Waals surface area contributed by atoms with Gasteiger partial charge in [0.1, 0.15) is 11.6 Å². The van der Waals surface area contributed by atoms with Crippen molar-refractivity contribution in [3.05, 3.63) is 5.56 Å². The van der Waals surface area contributed by atoms with Crippen LogP contribution in [0.5, 0.6) is 6.01 Å². The van der Waals surface area contributed by atoms with E-state index in [1.165, 1.54) is 51.6 Å². The molecule has 29 heavy (non-hydrogen) atoms. The number of likely N-dealkylation sites (tertiary alicyclic amines) is 1. The number of carbonyl (C=O) groups is 1. The Morgan fingerprint density at radius 3 is 2.79 bits per heavy atom. The second-order valence-electron chi connectivity index (χ2n) is 8.85. The van der Waals surface area contributed by atoms with Crippen LogP contribution in [0.4, 0.5) is 11.6 Å². The van der Waals surface area contributed by atoms with Crippen LogP contribution in [0.15, 0.2) is 0 Å². The molecule has 1 aromatic rings. The number of rotatable bonds is 8. The fourth-order valence-electron chi connectivity index (χ4n) is 5.07. The minimum atomic E-state index is 0.0789. The maximum Gasteiger partial charge on any atom is 0.320 e. The van der Waals surface area contributed by atoms with E-state index in [9.17, 15) is 4.79 Å². The van der Waals surface area contributed by atoms with Gasteiger partial charge < -0.3 is 15.4 Å². The van der Waals surface area contributed by atoms with Crippen molar-refractivity contribution in [2.24, 2.45) is 5.92 Å². The maximum atomic E-state index is 12.7. The summed E-state index contributed by atoms with van der Waals surface area (Å²) in [6.07, 6.45) is 11.3. The average Bonchev–Trinajstić information content (AvgIpc) is 3.36. The van der Waals surface area contributed by atoms with Crippen LogP contribution in [-0.2, 0) is 11.2 Å². The molecule has 4 rings (SSSR count). The lowest BCUT2D eigenvalue weighted by molar-refractivity contribution is -0.117. The second kappa shape index (κ2) is 9.28. The van der Waals surface area contributed by atoms with Crippen LogP contribution in [0.25, 0.3) is 0 Å². The van der Waals surface area contributed by atoms with E-state index in [1.807, 2.05) is 4.90 Å². The molecular weight excluding hydrogens is 366 g/mol. The number of aromatic nitrogens is 2. The molecule has 160 valence electrons. The summed E-state index contributed by atoms with van der Waals surface area (Å²) in [5.74, 6) is 1.77. The van der Waals surface area contributed by atoms with Crippen molar-refractivity contribution in [3.8, 4) is 6.01 Å². The molecule has 0 radical (unpaired) electrons. The lowest BCUT2D eigenvalue weighted by atomic mass is 9.93. The highest BCUT2D eigenvalue weighted by Gasteiger charge is 2.33. The number of carbonyl (C=O) groups excluding carboxylic acids is 1. The molecule has 2 fully saturated rings. The van der Waals surface area contributed by atoms with Crippen molar-refractivity contribution in [1.82, 2.24) is 14.9 Å². The van der Waals surface area contributed by atoms with Gasteiger partial charge in [0.25, 0.3) is 0 Å². The molecular formula is C22H35N5O2. The normalized spacial score (nSPS) is 23.0. The van der Waals surface area contributed by atoms with Crippen molar-refractivity contribution in [1.29, 1.82) is 0 Å². The highest BCUT2D eigenvalue weighted by atomic mass is 16.5. The zero-order valence-corrected chi connectivity index (χ0v) is 17.7. The van der Waals surface area contributed by atoms with E-state index in [4.69, 9.17) is 10.5 Å². The predicted octanol–water partition coefficient (Wildman–Crippen LogP) is 3.17. The molecule has 0 aromatic carbocycles. The van der Waals surface area contributed by atoms with E-state index in [-0.39, 0.29) is 5.91 Å². The summed E-state index contributed by atoms with van der Waals surface area (Å²) in [6, 6.07) is 1.08. The van der Waals surface area contributed by atoms with E-state index < -0.39 is 0 Å². The number of piperidine rings is 1. The number of fused-ring (bicyclic) bond motifs is 1. The molecule has 3 heterocycles. The highest BCUT2D eigenvalue weighted by molar-refractivity contribution is 6.01. The first-order chi connectivity index (χ1) is 14.2. The third-order valence-electron chi connectivity index (χ3n) is 6.76. The molecule has 1 aliphatic carbocycles. The molecule has 1 atom stereocenters. The smallest absolute Gasteiger partial charge is 0.320 e. The summed E-state index contributed by atoms with van der Waals surface area (Å²) in [5.41, 5.74) is 6.87. The molecule has 1 aromatic heterocycles. The minimum Gasteiger partial charge on any atom is -0.463 e. The molecule has 1 amide bonds. The van der Waals surface area contributed by atoms with Crippen LogP contribution < -0.4 is 15.4 Å². The van der Waals surface area contributed by atoms with Crippen LogP contribution in [0.2, 0.25) is 0 Å². The molecule has 3 aliphatic rings. The van der Waals surface area contributed by atoms with Crippen LogP contribution in [0, 0.1) is 5.92 Å². The summed E-state index contributed by atoms with van der Waals surface area (Å²) in [6.45, 7) is 5.81. The van der Waals surface area contributed by atoms with Crippen LogP contribution >= 0.6 is 0 Å². The molecule has 0 bridgehead atoms. The van der Waals surface area contributed by atoms with Crippen molar-refractivity contribution in [3.63, 3.8) is 0 Å². The summed E-state index contributed by atoms with van der Waals surface area (Å²) < 4.78 is 5.65. The highest BCUT2D eigenvalue weighted by Crippen LogP contribution is 2.34. The Kier molecular flexibility index (Phi) is 6.53. The Bertz CT molecular complexity index is 719. The first-order valence-corrected chi connectivity index (χ1v) is 11.5.